The number of nitrogens with one attached hydrogen (secondary N) is 1. The van der Waals surface area contributed by atoms with Crippen LogP contribution in [0.3, 0.4) is 0 Å². The largest absolute Gasteiger partial charge is 0.352 e. The predicted molar refractivity (Wildman–Crippen MR) is 153 cm³/mol. The Hall–Kier alpha value is -3.36. The standard InChI is InChI=1S/C29H34ClN3O4S/c1-21(2)31-29(35)27(17-23-11-7-5-8-12-23)32(19-24-13-9-6-10-14-24)28(34)20-33(38(4,36)37)26-18-25(30)16-15-22(26)3/h5-16,18,21,27H,17,19-20H2,1-4H3,(H,31,35). The van der Waals surface area contributed by atoms with Gasteiger partial charge in [0.05, 0.1) is 11.9 Å². The lowest BCUT2D eigenvalue weighted by Crippen LogP contribution is -2.54. The number of hydrogen-bond donors (Lipinski definition) is 1. The summed E-state index contributed by atoms with van der Waals surface area (Å²) in [6, 6.07) is 22.7. The summed E-state index contributed by atoms with van der Waals surface area (Å²) in [6.07, 6.45) is 1.32. The monoisotopic (exact) mass is 555 g/mol. The van der Waals surface area contributed by atoms with E-state index in [1.807, 2.05) is 74.5 Å². The molecule has 1 N–H and O–H groups in total. The van der Waals surface area contributed by atoms with Crippen molar-refractivity contribution in [1.82, 2.24) is 10.2 Å². The van der Waals surface area contributed by atoms with E-state index in [1.165, 1.54) is 11.0 Å². The predicted octanol–water partition coefficient (Wildman–Crippen LogP) is 4.58. The zero-order valence-corrected chi connectivity index (χ0v) is 23.7. The zero-order chi connectivity index (χ0) is 27.9. The maximum atomic E-state index is 14.0. The number of amides is 2. The highest BCUT2D eigenvalue weighted by Crippen LogP contribution is 2.27. The Morgan fingerprint density at radius 1 is 0.921 bits per heavy atom. The lowest BCUT2D eigenvalue weighted by atomic mass is 10.0. The minimum absolute atomic E-state index is 0.134. The average molecular weight is 556 g/mol. The Kier molecular flexibility index (Phi) is 9.94. The summed E-state index contributed by atoms with van der Waals surface area (Å²) in [6.45, 7) is 5.12. The molecule has 0 aliphatic heterocycles. The quantitative estimate of drug-likeness (QED) is 0.375. The molecule has 2 amide bonds. The molecule has 0 fully saturated rings. The van der Waals surface area contributed by atoms with Crippen molar-refractivity contribution in [3.8, 4) is 0 Å². The van der Waals surface area contributed by atoms with Gasteiger partial charge in [-0.3, -0.25) is 13.9 Å². The second-order valence-electron chi connectivity index (χ2n) is 9.58. The van der Waals surface area contributed by atoms with E-state index in [-0.39, 0.29) is 24.9 Å². The van der Waals surface area contributed by atoms with Gasteiger partial charge in [0.25, 0.3) is 0 Å². The van der Waals surface area contributed by atoms with Crippen molar-refractivity contribution >= 4 is 39.1 Å². The van der Waals surface area contributed by atoms with Crippen LogP contribution in [0, 0.1) is 6.92 Å². The molecule has 38 heavy (non-hydrogen) atoms. The van der Waals surface area contributed by atoms with Gasteiger partial charge in [0.15, 0.2) is 0 Å². The zero-order valence-electron chi connectivity index (χ0n) is 22.1. The number of rotatable bonds is 11. The van der Waals surface area contributed by atoms with Crippen molar-refractivity contribution in [2.75, 3.05) is 17.1 Å². The summed E-state index contributed by atoms with van der Waals surface area (Å²) in [4.78, 5) is 29.0. The summed E-state index contributed by atoms with van der Waals surface area (Å²) >= 11 is 6.18. The summed E-state index contributed by atoms with van der Waals surface area (Å²) in [5, 5.41) is 3.29. The smallest absolute Gasteiger partial charge is 0.244 e. The van der Waals surface area contributed by atoms with Crippen LogP contribution in [0.4, 0.5) is 5.69 Å². The van der Waals surface area contributed by atoms with Crippen molar-refractivity contribution in [3.05, 3.63) is 101 Å². The van der Waals surface area contributed by atoms with Crippen LogP contribution in [0.15, 0.2) is 78.9 Å². The van der Waals surface area contributed by atoms with Gasteiger partial charge in [0, 0.05) is 24.0 Å². The first-order valence-corrected chi connectivity index (χ1v) is 14.6. The van der Waals surface area contributed by atoms with Crippen LogP contribution in [0.2, 0.25) is 5.02 Å². The molecule has 0 heterocycles. The molecule has 3 aromatic rings. The Balaban J connectivity index is 2.06. The third kappa shape index (κ3) is 8.07. The number of benzene rings is 3. The third-order valence-corrected chi connectivity index (χ3v) is 7.38. The van der Waals surface area contributed by atoms with Crippen LogP contribution in [-0.4, -0.2) is 50.0 Å². The summed E-state index contributed by atoms with van der Waals surface area (Å²) < 4.78 is 26.8. The molecule has 0 aromatic heterocycles. The summed E-state index contributed by atoms with van der Waals surface area (Å²) in [7, 11) is -3.86. The number of halogens is 1. The van der Waals surface area contributed by atoms with E-state index in [0.29, 0.717) is 16.3 Å². The van der Waals surface area contributed by atoms with Gasteiger partial charge in [0.2, 0.25) is 21.8 Å². The van der Waals surface area contributed by atoms with Crippen molar-refractivity contribution in [2.24, 2.45) is 0 Å². The second-order valence-corrected chi connectivity index (χ2v) is 11.9. The maximum absolute atomic E-state index is 14.0. The highest BCUT2D eigenvalue weighted by Gasteiger charge is 2.33. The van der Waals surface area contributed by atoms with E-state index >= 15 is 0 Å². The molecular weight excluding hydrogens is 522 g/mol. The number of sulfonamides is 1. The first-order valence-electron chi connectivity index (χ1n) is 12.4. The number of aryl methyl sites for hydroxylation is 1. The number of hydrogen-bond acceptors (Lipinski definition) is 4. The van der Waals surface area contributed by atoms with Gasteiger partial charge in [-0.25, -0.2) is 8.42 Å². The van der Waals surface area contributed by atoms with Crippen LogP contribution < -0.4 is 9.62 Å². The van der Waals surface area contributed by atoms with Gasteiger partial charge in [0.1, 0.15) is 12.6 Å². The molecule has 3 aromatic carbocycles. The number of carbonyl (C=O) groups is 2. The molecule has 9 heteroatoms. The van der Waals surface area contributed by atoms with E-state index in [4.69, 9.17) is 11.6 Å². The van der Waals surface area contributed by atoms with E-state index in [2.05, 4.69) is 5.32 Å². The van der Waals surface area contributed by atoms with Crippen LogP contribution in [0.25, 0.3) is 0 Å². The molecule has 0 saturated carbocycles. The maximum Gasteiger partial charge on any atom is 0.244 e. The minimum Gasteiger partial charge on any atom is -0.352 e. The van der Waals surface area contributed by atoms with Gasteiger partial charge in [-0.2, -0.15) is 0 Å². The average Bonchev–Trinajstić information content (AvgIpc) is 2.86. The van der Waals surface area contributed by atoms with Crippen LogP contribution in [0.5, 0.6) is 0 Å². The molecule has 3 rings (SSSR count). The fraction of sp³-hybridized carbons (Fsp3) is 0.310. The van der Waals surface area contributed by atoms with Gasteiger partial charge >= 0.3 is 0 Å². The summed E-state index contributed by atoms with van der Waals surface area (Å²) in [5.41, 5.74) is 2.67. The molecule has 0 aliphatic carbocycles. The van der Waals surface area contributed by atoms with Crippen molar-refractivity contribution in [3.63, 3.8) is 0 Å². The molecule has 202 valence electrons. The van der Waals surface area contributed by atoms with Crippen molar-refractivity contribution < 1.29 is 18.0 Å². The van der Waals surface area contributed by atoms with E-state index in [9.17, 15) is 18.0 Å². The van der Waals surface area contributed by atoms with Gasteiger partial charge in [-0.05, 0) is 49.6 Å². The van der Waals surface area contributed by atoms with Crippen molar-refractivity contribution in [2.45, 2.75) is 45.8 Å². The Morgan fingerprint density at radius 3 is 2.05 bits per heavy atom. The minimum atomic E-state index is -3.86. The number of anilines is 1. The van der Waals surface area contributed by atoms with Crippen LogP contribution >= 0.6 is 11.6 Å². The molecule has 0 radical (unpaired) electrons. The fourth-order valence-electron chi connectivity index (χ4n) is 4.16. The van der Waals surface area contributed by atoms with Crippen LogP contribution in [0.1, 0.15) is 30.5 Å². The Morgan fingerprint density at radius 2 is 1.50 bits per heavy atom. The molecule has 0 spiro atoms. The Labute approximate surface area is 230 Å². The van der Waals surface area contributed by atoms with Gasteiger partial charge in [-0.1, -0.05) is 78.3 Å². The fourth-order valence-corrected chi connectivity index (χ4v) is 5.23. The lowest BCUT2D eigenvalue weighted by molar-refractivity contribution is -0.140. The SMILES string of the molecule is Cc1ccc(Cl)cc1N(CC(=O)N(Cc1ccccc1)C(Cc1ccccc1)C(=O)NC(C)C)S(C)(=O)=O. The highest BCUT2D eigenvalue weighted by molar-refractivity contribution is 7.92. The topological polar surface area (TPSA) is 86.8 Å². The van der Waals surface area contributed by atoms with Crippen molar-refractivity contribution in [1.29, 1.82) is 0 Å². The molecule has 0 aliphatic rings. The molecule has 0 bridgehead atoms. The lowest BCUT2D eigenvalue weighted by Gasteiger charge is -2.34. The van der Waals surface area contributed by atoms with E-state index in [1.54, 1.807) is 19.1 Å². The first kappa shape index (κ1) is 29.2. The summed E-state index contributed by atoms with van der Waals surface area (Å²) in [5.74, 6) is -0.809. The Bertz CT molecular complexity index is 1350. The molecule has 1 atom stereocenters. The molecular formula is C29H34ClN3O4S. The van der Waals surface area contributed by atoms with Crippen LogP contribution in [-0.2, 0) is 32.6 Å². The number of carbonyl (C=O) groups excluding carboxylic acids is 2. The number of nitrogens with zero attached hydrogens (tertiary/aromatic N) is 2. The molecule has 1 unspecified atom stereocenters. The third-order valence-electron chi connectivity index (χ3n) is 6.02. The molecule has 7 nitrogen and oxygen atoms in total. The first-order chi connectivity index (χ1) is 18.0. The normalized spacial score (nSPS) is 12.2. The second kappa shape index (κ2) is 12.9. The van der Waals surface area contributed by atoms with E-state index < -0.39 is 28.5 Å². The van der Waals surface area contributed by atoms with E-state index in [0.717, 1.165) is 21.7 Å². The van der Waals surface area contributed by atoms with Gasteiger partial charge in [-0.15, -0.1) is 0 Å². The molecule has 0 saturated heterocycles. The highest BCUT2D eigenvalue weighted by atomic mass is 35.5. The van der Waals surface area contributed by atoms with Gasteiger partial charge < -0.3 is 10.2 Å².